The van der Waals surface area contributed by atoms with E-state index in [2.05, 4.69) is 5.32 Å². The summed E-state index contributed by atoms with van der Waals surface area (Å²) in [6, 6.07) is 8.06. The standard InChI is InChI=1S/C22H19Cl2F3N2O5S2/c1-4-34-16-6-5-15(10-17(16)33-3)29(2)36(31,32)18-11-19(24)35-20(18)21(30)28-14-8-12(22(25,26)27)7-13(23)9-14/h5-11H,4H2,1-3H3,(H,28,30). The van der Waals surface area contributed by atoms with Crippen molar-refractivity contribution in [2.45, 2.75) is 18.0 Å². The first-order chi connectivity index (χ1) is 16.8. The fourth-order valence-corrected chi connectivity index (χ4v) is 6.23. The second kappa shape index (κ2) is 10.8. The van der Waals surface area contributed by atoms with E-state index >= 15 is 0 Å². The van der Waals surface area contributed by atoms with E-state index in [-0.39, 0.29) is 25.6 Å². The van der Waals surface area contributed by atoms with Gasteiger partial charge >= 0.3 is 6.18 Å². The highest BCUT2D eigenvalue weighted by molar-refractivity contribution is 7.93. The van der Waals surface area contributed by atoms with Gasteiger partial charge in [-0.15, -0.1) is 11.3 Å². The van der Waals surface area contributed by atoms with Gasteiger partial charge in [0.15, 0.2) is 11.5 Å². The minimum Gasteiger partial charge on any atom is -0.493 e. The number of carbonyl (C=O) groups excluding carboxylic acids is 1. The number of amides is 1. The van der Waals surface area contributed by atoms with Gasteiger partial charge < -0.3 is 14.8 Å². The summed E-state index contributed by atoms with van der Waals surface area (Å²) in [6.07, 6.45) is -4.70. The van der Waals surface area contributed by atoms with Crippen molar-refractivity contribution in [1.29, 1.82) is 0 Å². The molecule has 0 saturated carbocycles. The molecule has 1 aromatic heterocycles. The van der Waals surface area contributed by atoms with Crippen LogP contribution < -0.4 is 19.1 Å². The van der Waals surface area contributed by atoms with Gasteiger partial charge in [0, 0.05) is 23.8 Å². The fourth-order valence-electron chi connectivity index (χ4n) is 3.12. The van der Waals surface area contributed by atoms with Crippen molar-refractivity contribution in [3.05, 3.63) is 62.3 Å². The van der Waals surface area contributed by atoms with Crippen LogP contribution in [-0.2, 0) is 16.2 Å². The van der Waals surface area contributed by atoms with Crippen LogP contribution in [0.3, 0.4) is 0 Å². The number of ether oxygens (including phenoxy) is 2. The first-order valence-electron chi connectivity index (χ1n) is 10.1. The third-order valence-corrected chi connectivity index (χ3v) is 8.23. The van der Waals surface area contributed by atoms with Gasteiger partial charge in [-0.25, -0.2) is 8.42 Å². The first kappa shape index (κ1) is 27.9. The monoisotopic (exact) mass is 582 g/mol. The number of carbonyl (C=O) groups is 1. The molecule has 0 bridgehead atoms. The SMILES string of the molecule is CCOc1ccc(N(C)S(=O)(=O)c2cc(Cl)sc2C(=O)Nc2cc(Cl)cc(C(F)(F)F)c2)cc1OC. The van der Waals surface area contributed by atoms with Crippen LogP contribution in [0.15, 0.2) is 47.4 Å². The van der Waals surface area contributed by atoms with Crippen LogP contribution in [0.4, 0.5) is 24.5 Å². The predicted molar refractivity (Wildman–Crippen MR) is 133 cm³/mol. The Bertz CT molecular complexity index is 1390. The van der Waals surface area contributed by atoms with Crippen LogP contribution in [0.25, 0.3) is 0 Å². The van der Waals surface area contributed by atoms with Gasteiger partial charge in [0.1, 0.15) is 9.77 Å². The molecule has 3 aromatic rings. The molecular formula is C22H19Cl2F3N2O5S2. The molecule has 194 valence electrons. The van der Waals surface area contributed by atoms with Crippen LogP contribution in [0.1, 0.15) is 22.2 Å². The van der Waals surface area contributed by atoms with Crippen LogP contribution in [0, 0.1) is 0 Å². The van der Waals surface area contributed by atoms with Gasteiger partial charge in [-0.2, -0.15) is 13.2 Å². The lowest BCUT2D eigenvalue weighted by Crippen LogP contribution is -2.28. The van der Waals surface area contributed by atoms with Crippen molar-refractivity contribution in [3.63, 3.8) is 0 Å². The van der Waals surface area contributed by atoms with Gasteiger partial charge in [0.2, 0.25) is 0 Å². The second-order valence-electron chi connectivity index (χ2n) is 7.17. The first-order valence-corrected chi connectivity index (χ1v) is 13.1. The molecule has 7 nitrogen and oxygen atoms in total. The third-order valence-electron chi connectivity index (χ3n) is 4.81. The van der Waals surface area contributed by atoms with E-state index in [0.29, 0.717) is 41.6 Å². The summed E-state index contributed by atoms with van der Waals surface area (Å²) in [4.78, 5) is 12.2. The number of anilines is 2. The molecule has 0 spiro atoms. The van der Waals surface area contributed by atoms with Crippen LogP contribution in [-0.4, -0.2) is 35.1 Å². The Kier molecular flexibility index (Phi) is 8.33. The number of nitrogens with zero attached hydrogens (tertiary/aromatic N) is 1. The number of nitrogens with one attached hydrogen (secondary N) is 1. The summed E-state index contributed by atoms with van der Waals surface area (Å²) in [5.41, 5.74) is -1.14. The fraction of sp³-hybridized carbons (Fsp3) is 0.227. The number of methoxy groups -OCH3 is 1. The quantitative estimate of drug-likeness (QED) is 0.325. The lowest BCUT2D eigenvalue weighted by Gasteiger charge is -2.21. The van der Waals surface area contributed by atoms with Crippen molar-refractivity contribution in [1.82, 2.24) is 0 Å². The van der Waals surface area contributed by atoms with E-state index in [4.69, 9.17) is 32.7 Å². The molecular weight excluding hydrogens is 564 g/mol. The van der Waals surface area contributed by atoms with E-state index < -0.39 is 32.6 Å². The smallest absolute Gasteiger partial charge is 0.416 e. The maximum Gasteiger partial charge on any atom is 0.416 e. The van der Waals surface area contributed by atoms with Crippen LogP contribution in [0.5, 0.6) is 11.5 Å². The number of thiophene rings is 1. The molecule has 0 aliphatic rings. The van der Waals surface area contributed by atoms with Gasteiger partial charge in [-0.3, -0.25) is 9.10 Å². The number of hydrogen-bond donors (Lipinski definition) is 1. The minimum atomic E-state index is -4.70. The summed E-state index contributed by atoms with van der Waals surface area (Å²) in [5, 5.41) is 2.00. The Morgan fingerprint density at radius 3 is 2.42 bits per heavy atom. The zero-order valence-electron chi connectivity index (χ0n) is 18.9. The maximum absolute atomic E-state index is 13.4. The van der Waals surface area contributed by atoms with Crippen molar-refractivity contribution in [2.75, 3.05) is 30.4 Å². The van der Waals surface area contributed by atoms with Crippen molar-refractivity contribution < 1.29 is 35.9 Å². The molecule has 0 radical (unpaired) electrons. The average molecular weight is 583 g/mol. The summed E-state index contributed by atoms with van der Waals surface area (Å²) in [6.45, 7) is 2.15. The maximum atomic E-state index is 13.4. The van der Waals surface area contributed by atoms with E-state index in [1.54, 1.807) is 6.92 Å². The molecule has 0 atom stereocenters. The summed E-state index contributed by atoms with van der Waals surface area (Å²) < 4.78 is 77.8. The zero-order valence-corrected chi connectivity index (χ0v) is 22.1. The number of rotatable bonds is 8. The Hall–Kier alpha value is -2.67. The highest BCUT2D eigenvalue weighted by atomic mass is 35.5. The molecule has 1 heterocycles. The molecule has 2 aromatic carbocycles. The average Bonchev–Trinajstić information content (AvgIpc) is 3.21. The molecule has 1 amide bonds. The molecule has 0 fully saturated rings. The molecule has 0 aliphatic carbocycles. The van der Waals surface area contributed by atoms with Gasteiger partial charge in [-0.1, -0.05) is 23.2 Å². The Morgan fingerprint density at radius 2 is 1.81 bits per heavy atom. The summed E-state index contributed by atoms with van der Waals surface area (Å²) >= 11 is 12.5. The largest absolute Gasteiger partial charge is 0.493 e. The van der Waals surface area contributed by atoms with Crippen molar-refractivity contribution >= 4 is 61.8 Å². The molecule has 14 heteroatoms. The van der Waals surface area contributed by atoms with Crippen LogP contribution >= 0.6 is 34.5 Å². The topological polar surface area (TPSA) is 84.9 Å². The predicted octanol–water partition coefficient (Wildman–Crippen LogP) is 6.56. The lowest BCUT2D eigenvalue weighted by molar-refractivity contribution is -0.137. The Balaban J connectivity index is 1.97. The van der Waals surface area contributed by atoms with Crippen molar-refractivity contribution in [3.8, 4) is 11.5 Å². The molecule has 36 heavy (non-hydrogen) atoms. The summed E-state index contributed by atoms with van der Waals surface area (Å²) in [7, 11) is -1.66. The molecule has 0 aliphatic heterocycles. The highest BCUT2D eigenvalue weighted by Gasteiger charge is 2.33. The minimum absolute atomic E-state index is 0.0153. The number of hydrogen-bond acceptors (Lipinski definition) is 6. The van der Waals surface area contributed by atoms with Crippen molar-refractivity contribution in [2.24, 2.45) is 0 Å². The summed E-state index contributed by atoms with van der Waals surface area (Å²) in [5.74, 6) is -0.273. The Morgan fingerprint density at radius 1 is 1.11 bits per heavy atom. The molecule has 0 unspecified atom stereocenters. The molecule has 3 rings (SSSR count). The van der Waals surface area contributed by atoms with E-state index in [0.717, 1.165) is 16.4 Å². The van der Waals surface area contributed by atoms with Gasteiger partial charge in [0.05, 0.1) is 29.3 Å². The normalized spacial score (nSPS) is 11.8. The van der Waals surface area contributed by atoms with E-state index in [1.165, 1.54) is 32.4 Å². The van der Waals surface area contributed by atoms with E-state index in [9.17, 15) is 26.4 Å². The number of halogens is 5. The number of sulfonamides is 1. The number of benzene rings is 2. The van der Waals surface area contributed by atoms with Crippen LogP contribution in [0.2, 0.25) is 9.36 Å². The number of alkyl halides is 3. The molecule has 0 saturated heterocycles. The Labute approximate surface area is 219 Å². The zero-order chi connectivity index (χ0) is 26.8. The van der Waals surface area contributed by atoms with E-state index in [1.807, 2.05) is 0 Å². The van der Waals surface area contributed by atoms with Gasteiger partial charge in [-0.05, 0) is 43.3 Å². The molecule has 1 N–H and O–H groups in total. The third kappa shape index (κ3) is 6.00. The highest BCUT2D eigenvalue weighted by Crippen LogP contribution is 2.38. The second-order valence-corrected chi connectivity index (χ2v) is 11.2. The lowest BCUT2D eigenvalue weighted by atomic mass is 10.2. The van der Waals surface area contributed by atoms with Gasteiger partial charge in [0.25, 0.3) is 15.9 Å².